The van der Waals surface area contributed by atoms with E-state index in [1.165, 1.54) is 49.7 Å². The maximum absolute atomic E-state index is 13.4. The van der Waals surface area contributed by atoms with Crippen LogP contribution in [-0.4, -0.2) is 55.5 Å². The zero-order valence-electron chi connectivity index (χ0n) is 17.1. The standard InChI is InChI=1S/C23H29ClFN3O2/c24-21-2-1-18(25)11-20(21)22(26)3-4-23(27)30-19-9-16-13-28(14-17(16)10-19)12-15-5-7-29-8-6-15/h1-4,11,15-17,19,26-27H,5-10,12-14H2/b4-3-,26-22?,27-23?/t16-,17?,19-/m0/s1. The van der Waals surface area contributed by atoms with Crippen LogP contribution in [0.15, 0.2) is 30.4 Å². The monoisotopic (exact) mass is 433 g/mol. The Labute approximate surface area is 182 Å². The van der Waals surface area contributed by atoms with Crippen molar-refractivity contribution >= 4 is 23.2 Å². The van der Waals surface area contributed by atoms with E-state index in [0.717, 1.165) is 45.1 Å². The maximum Gasteiger partial charge on any atom is 0.206 e. The molecule has 3 atom stereocenters. The minimum absolute atomic E-state index is 0.0383. The molecule has 4 rings (SSSR count). The molecule has 1 aromatic rings. The molecule has 7 heteroatoms. The summed E-state index contributed by atoms with van der Waals surface area (Å²) in [6.45, 7) is 5.26. The number of nitrogens with zero attached hydrogens (tertiary/aromatic N) is 1. The number of allylic oxidation sites excluding steroid dienone is 1. The third-order valence-corrected chi connectivity index (χ3v) is 6.88. The first kappa shape index (κ1) is 21.5. The summed E-state index contributed by atoms with van der Waals surface area (Å²) in [7, 11) is 0. The highest BCUT2D eigenvalue weighted by Gasteiger charge is 2.42. The largest absolute Gasteiger partial charge is 0.475 e. The Morgan fingerprint density at radius 3 is 2.57 bits per heavy atom. The van der Waals surface area contributed by atoms with E-state index >= 15 is 0 Å². The molecule has 1 aromatic carbocycles. The molecule has 162 valence electrons. The van der Waals surface area contributed by atoms with Crippen LogP contribution in [-0.2, 0) is 9.47 Å². The van der Waals surface area contributed by atoms with Gasteiger partial charge in [-0.2, -0.15) is 0 Å². The van der Waals surface area contributed by atoms with Crippen molar-refractivity contribution in [1.82, 2.24) is 4.90 Å². The lowest BCUT2D eigenvalue weighted by atomic mass is 10.00. The molecule has 3 fully saturated rings. The van der Waals surface area contributed by atoms with Crippen LogP contribution in [0.3, 0.4) is 0 Å². The molecule has 2 heterocycles. The fourth-order valence-corrected chi connectivity index (χ4v) is 5.27. The second-order valence-electron chi connectivity index (χ2n) is 8.74. The van der Waals surface area contributed by atoms with Crippen LogP contribution in [0, 0.1) is 34.4 Å². The highest BCUT2D eigenvalue weighted by molar-refractivity contribution is 6.34. The smallest absolute Gasteiger partial charge is 0.206 e. The van der Waals surface area contributed by atoms with Gasteiger partial charge in [0.2, 0.25) is 5.90 Å². The number of hydrogen-bond donors (Lipinski definition) is 2. The number of nitrogens with one attached hydrogen (secondary N) is 2. The van der Waals surface area contributed by atoms with Crippen LogP contribution < -0.4 is 0 Å². The molecule has 0 aromatic heterocycles. The van der Waals surface area contributed by atoms with E-state index in [4.69, 9.17) is 31.9 Å². The van der Waals surface area contributed by atoms with E-state index in [1.807, 2.05) is 0 Å². The Hall–Kier alpha value is -1.76. The zero-order chi connectivity index (χ0) is 21.1. The number of halogens is 2. The fraction of sp³-hybridized carbons (Fsp3) is 0.565. The van der Waals surface area contributed by atoms with E-state index < -0.39 is 5.82 Å². The van der Waals surface area contributed by atoms with Crippen LogP contribution >= 0.6 is 11.6 Å². The molecule has 0 radical (unpaired) electrons. The van der Waals surface area contributed by atoms with E-state index in [-0.39, 0.29) is 17.7 Å². The molecule has 2 saturated heterocycles. The van der Waals surface area contributed by atoms with Gasteiger partial charge < -0.3 is 19.8 Å². The summed E-state index contributed by atoms with van der Waals surface area (Å²) in [5.41, 5.74) is 0.362. The van der Waals surface area contributed by atoms with Crippen LogP contribution in [0.4, 0.5) is 4.39 Å². The van der Waals surface area contributed by atoms with Gasteiger partial charge >= 0.3 is 0 Å². The molecule has 0 spiro atoms. The molecule has 1 unspecified atom stereocenters. The molecule has 1 saturated carbocycles. The summed E-state index contributed by atoms with van der Waals surface area (Å²) >= 11 is 6.04. The molecule has 0 amide bonds. The third-order valence-electron chi connectivity index (χ3n) is 6.55. The summed E-state index contributed by atoms with van der Waals surface area (Å²) < 4.78 is 24.7. The molecular formula is C23H29ClFN3O2. The Kier molecular flexibility index (Phi) is 6.86. The van der Waals surface area contributed by atoms with Crippen LogP contribution in [0.2, 0.25) is 5.02 Å². The van der Waals surface area contributed by atoms with E-state index in [0.29, 0.717) is 22.4 Å². The third kappa shape index (κ3) is 5.29. The average Bonchev–Trinajstić information content (AvgIpc) is 3.26. The van der Waals surface area contributed by atoms with Crippen molar-refractivity contribution in [3.8, 4) is 0 Å². The topological polar surface area (TPSA) is 69.4 Å². The van der Waals surface area contributed by atoms with Crippen molar-refractivity contribution in [1.29, 1.82) is 10.8 Å². The Morgan fingerprint density at radius 1 is 1.17 bits per heavy atom. The lowest BCUT2D eigenvalue weighted by Crippen LogP contribution is -2.32. The van der Waals surface area contributed by atoms with Gasteiger partial charge in [-0.1, -0.05) is 11.6 Å². The van der Waals surface area contributed by atoms with Crippen LogP contribution in [0.1, 0.15) is 31.2 Å². The number of fused-ring (bicyclic) bond motifs is 1. The van der Waals surface area contributed by atoms with Crippen molar-refractivity contribution in [2.75, 3.05) is 32.8 Å². The predicted molar refractivity (Wildman–Crippen MR) is 116 cm³/mol. The molecule has 2 aliphatic heterocycles. The van der Waals surface area contributed by atoms with Gasteiger partial charge in [0.05, 0.1) is 10.7 Å². The number of benzene rings is 1. The van der Waals surface area contributed by atoms with E-state index in [1.54, 1.807) is 0 Å². The van der Waals surface area contributed by atoms with Gasteiger partial charge in [-0.25, -0.2) is 4.39 Å². The Bertz CT molecular complexity index is 811. The van der Waals surface area contributed by atoms with Gasteiger partial charge in [0.15, 0.2) is 0 Å². The van der Waals surface area contributed by atoms with Gasteiger partial charge in [-0.15, -0.1) is 0 Å². The number of likely N-dealkylation sites (tertiary alicyclic amines) is 1. The summed E-state index contributed by atoms with van der Waals surface area (Å²) in [6, 6.07) is 3.92. The van der Waals surface area contributed by atoms with Gasteiger partial charge in [0.1, 0.15) is 11.9 Å². The first-order valence-corrected chi connectivity index (χ1v) is 11.1. The Balaban J connectivity index is 1.22. The summed E-state index contributed by atoms with van der Waals surface area (Å²) in [5, 5.41) is 16.5. The van der Waals surface area contributed by atoms with Gasteiger partial charge in [0.25, 0.3) is 0 Å². The average molecular weight is 434 g/mol. The number of ether oxygens (including phenoxy) is 2. The molecular weight excluding hydrogens is 405 g/mol. The van der Waals surface area contributed by atoms with Crippen molar-refractivity contribution < 1.29 is 13.9 Å². The van der Waals surface area contributed by atoms with Crippen molar-refractivity contribution in [2.45, 2.75) is 31.8 Å². The maximum atomic E-state index is 13.4. The first-order chi connectivity index (χ1) is 14.5. The number of rotatable bonds is 6. The second kappa shape index (κ2) is 9.58. The molecule has 2 N–H and O–H groups in total. The summed E-state index contributed by atoms with van der Waals surface area (Å²) in [6.07, 6.45) is 7.28. The minimum Gasteiger partial charge on any atom is -0.475 e. The molecule has 3 aliphatic rings. The van der Waals surface area contributed by atoms with Crippen LogP contribution in [0.5, 0.6) is 0 Å². The van der Waals surface area contributed by atoms with Crippen molar-refractivity contribution in [3.05, 3.63) is 46.8 Å². The first-order valence-electron chi connectivity index (χ1n) is 10.8. The predicted octanol–water partition coefficient (Wildman–Crippen LogP) is 4.53. The summed E-state index contributed by atoms with van der Waals surface area (Å²) in [5.74, 6) is 1.66. The molecule has 30 heavy (non-hydrogen) atoms. The van der Waals surface area contributed by atoms with Gasteiger partial charge in [-0.3, -0.25) is 5.41 Å². The second-order valence-corrected chi connectivity index (χ2v) is 9.15. The number of hydrogen-bond acceptors (Lipinski definition) is 5. The normalized spacial score (nSPS) is 27.5. The minimum atomic E-state index is -0.442. The van der Waals surface area contributed by atoms with Gasteiger partial charge in [-0.05, 0) is 67.7 Å². The van der Waals surface area contributed by atoms with Crippen molar-refractivity contribution in [3.63, 3.8) is 0 Å². The SMILES string of the molecule is N=C(/C=C\C(=N)c1cc(F)ccc1Cl)O[C@@H]1CC2CN(CC3CCOCC3)C[C@@H]2C1. The summed E-state index contributed by atoms with van der Waals surface area (Å²) in [4.78, 5) is 2.61. The highest BCUT2D eigenvalue weighted by atomic mass is 35.5. The zero-order valence-corrected chi connectivity index (χ0v) is 17.8. The molecule has 0 bridgehead atoms. The Morgan fingerprint density at radius 2 is 1.87 bits per heavy atom. The lowest BCUT2D eigenvalue weighted by molar-refractivity contribution is 0.0539. The fourth-order valence-electron chi connectivity index (χ4n) is 5.05. The molecule has 1 aliphatic carbocycles. The molecule has 5 nitrogen and oxygen atoms in total. The van der Waals surface area contributed by atoms with E-state index in [2.05, 4.69) is 4.90 Å². The lowest BCUT2D eigenvalue weighted by Gasteiger charge is -2.27. The quantitative estimate of drug-likeness (QED) is 0.511. The van der Waals surface area contributed by atoms with Crippen molar-refractivity contribution in [2.24, 2.45) is 17.8 Å². The van der Waals surface area contributed by atoms with E-state index in [9.17, 15) is 4.39 Å². The van der Waals surface area contributed by atoms with Gasteiger partial charge in [0, 0.05) is 44.5 Å². The highest BCUT2D eigenvalue weighted by Crippen LogP contribution is 2.40. The van der Waals surface area contributed by atoms with Crippen LogP contribution in [0.25, 0.3) is 0 Å².